The molecule has 8 heteroatoms. The number of unbranched alkanes of at least 4 members (excludes halogenated alkanes) is 1. The van der Waals surface area contributed by atoms with Crippen LogP contribution in [0.1, 0.15) is 51.9 Å². The summed E-state index contributed by atoms with van der Waals surface area (Å²) in [5.41, 5.74) is -0.479. The topological polar surface area (TPSA) is 97.0 Å². The molecule has 0 radical (unpaired) electrons. The van der Waals surface area contributed by atoms with Crippen LogP contribution in [0.4, 0.5) is 5.69 Å². The lowest BCUT2D eigenvalue weighted by Gasteiger charge is -2.34. The number of amides is 3. The van der Waals surface area contributed by atoms with Gasteiger partial charge in [-0.1, -0.05) is 44.8 Å². The van der Waals surface area contributed by atoms with E-state index in [1.54, 1.807) is 36.3 Å². The summed E-state index contributed by atoms with van der Waals surface area (Å²) in [6, 6.07) is 6.45. The molecule has 3 aliphatic heterocycles. The lowest BCUT2D eigenvalue weighted by Crippen LogP contribution is -2.56. The monoisotopic (exact) mass is 481 g/mol. The minimum Gasteiger partial charge on any atom is -0.497 e. The SMILES string of the molecule is CCCCN1C(=O)[C@H]2[C@H](C(=O)Nc3ccc(OC)cc3)[C@H]3C=C[C@@]2(O3)[C@H]1C(=O)NC1CCCCC1. The third-order valence-corrected chi connectivity index (χ3v) is 7.99. The maximum Gasteiger partial charge on any atom is 0.246 e. The van der Waals surface area contributed by atoms with Crippen molar-refractivity contribution in [3.05, 3.63) is 36.4 Å². The second kappa shape index (κ2) is 9.64. The van der Waals surface area contributed by atoms with E-state index in [0.29, 0.717) is 18.0 Å². The molecule has 5 rings (SSSR count). The summed E-state index contributed by atoms with van der Waals surface area (Å²) < 4.78 is 11.6. The minimum atomic E-state index is -1.10. The summed E-state index contributed by atoms with van der Waals surface area (Å²) in [7, 11) is 1.59. The Labute approximate surface area is 206 Å². The second-order valence-corrected chi connectivity index (χ2v) is 10.1. The molecule has 2 bridgehead atoms. The zero-order valence-corrected chi connectivity index (χ0v) is 20.5. The van der Waals surface area contributed by atoms with E-state index in [9.17, 15) is 14.4 Å². The van der Waals surface area contributed by atoms with Gasteiger partial charge in [0.25, 0.3) is 0 Å². The van der Waals surface area contributed by atoms with Gasteiger partial charge >= 0.3 is 0 Å². The number of nitrogens with one attached hydrogen (secondary N) is 2. The average Bonchev–Trinajstić information content (AvgIpc) is 3.51. The zero-order chi connectivity index (χ0) is 24.6. The first-order valence-corrected chi connectivity index (χ1v) is 12.9. The predicted molar refractivity (Wildman–Crippen MR) is 131 cm³/mol. The number of ether oxygens (including phenoxy) is 2. The average molecular weight is 482 g/mol. The van der Waals surface area contributed by atoms with Crippen LogP contribution < -0.4 is 15.4 Å². The number of benzene rings is 1. The largest absolute Gasteiger partial charge is 0.497 e. The number of fused-ring (bicyclic) bond motifs is 1. The molecule has 188 valence electrons. The van der Waals surface area contributed by atoms with Gasteiger partial charge in [-0.15, -0.1) is 0 Å². The molecule has 8 nitrogen and oxygen atoms in total. The molecule has 1 aromatic rings. The van der Waals surface area contributed by atoms with Gasteiger partial charge in [0.1, 0.15) is 17.4 Å². The molecule has 4 aliphatic rings. The maximum absolute atomic E-state index is 13.8. The molecule has 2 saturated heterocycles. The highest BCUT2D eigenvalue weighted by molar-refractivity contribution is 6.02. The fraction of sp³-hybridized carbons (Fsp3) is 0.593. The van der Waals surface area contributed by atoms with E-state index in [-0.39, 0.29) is 23.8 Å². The van der Waals surface area contributed by atoms with Crippen molar-refractivity contribution in [1.29, 1.82) is 0 Å². The zero-order valence-electron chi connectivity index (χ0n) is 20.5. The van der Waals surface area contributed by atoms with Crippen molar-refractivity contribution in [3.8, 4) is 5.75 Å². The van der Waals surface area contributed by atoms with Crippen molar-refractivity contribution in [2.75, 3.05) is 19.0 Å². The molecule has 2 N–H and O–H groups in total. The van der Waals surface area contributed by atoms with Gasteiger partial charge in [-0.25, -0.2) is 0 Å². The molecule has 5 atom stereocenters. The Morgan fingerprint density at radius 3 is 2.57 bits per heavy atom. The number of rotatable bonds is 8. The van der Waals surface area contributed by atoms with E-state index >= 15 is 0 Å². The molecule has 1 saturated carbocycles. The third-order valence-electron chi connectivity index (χ3n) is 7.99. The van der Waals surface area contributed by atoms with Crippen LogP contribution in [0.2, 0.25) is 0 Å². The lowest BCUT2D eigenvalue weighted by molar-refractivity contribution is -0.141. The highest BCUT2D eigenvalue weighted by Crippen LogP contribution is 2.55. The summed E-state index contributed by atoms with van der Waals surface area (Å²) >= 11 is 0. The fourth-order valence-electron chi connectivity index (χ4n) is 6.26. The van der Waals surface area contributed by atoms with Crippen LogP contribution in [0.25, 0.3) is 0 Å². The van der Waals surface area contributed by atoms with Crippen molar-refractivity contribution >= 4 is 23.4 Å². The van der Waals surface area contributed by atoms with Gasteiger partial charge in [-0.05, 0) is 43.5 Å². The maximum atomic E-state index is 13.8. The van der Waals surface area contributed by atoms with Crippen LogP contribution in [-0.2, 0) is 19.1 Å². The number of carbonyl (C=O) groups is 3. The molecular formula is C27H35N3O5. The van der Waals surface area contributed by atoms with Gasteiger partial charge in [0, 0.05) is 18.3 Å². The number of anilines is 1. The Hall–Kier alpha value is -2.87. The van der Waals surface area contributed by atoms with Crippen LogP contribution >= 0.6 is 0 Å². The Balaban J connectivity index is 1.40. The number of nitrogens with zero attached hydrogens (tertiary/aromatic N) is 1. The Bertz CT molecular complexity index is 1000. The molecular weight excluding hydrogens is 446 g/mol. The number of hydrogen-bond acceptors (Lipinski definition) is 5. The van der Waals surface area contributed by atoms with Crippen LogP contribution in [0.3, 0.4) is 0 Å². The van der Waals surface area contributed by atoms with Crippen LogP contribution in [-0.4, -0.2) is 60.1 Å². The lowest BCUT2D eigenvalue weighted by atomic mass is 9.74. The molecule has 3 fully saturated rings. The van der Waals surface area contributed by atoms with E-state index in [0.717, 1.165) is 38.5 Å². The summed E-state index contributed by atoms with van der Waals surface area (Å²) in [4.78, 5) is 42.5. The van der Waals surface area contributed by atoms with Crippen LogP contribution in [0.15, 0.2) is 36.4 Å². The van der Waals surface area contributed by atoms with Gasteiger partial charge in [-0.3, -0.25) is 14.4 Å². The summed E-state index contributed by atoms with van der Waals surface area (Å²) in [5, 5.41) is 6.15. The normalized spacial score (nSPS) is 31.5. The van der Waals surface area contributed by atoms with Gasteiger partial charge < -0.3 is 25.0 Å². The van der Waals surface area contributed by atoms with Gasteiger partial charge in [0.15, 0.2) is 0 Å². The first-order chi connectivity index (χ1) is 17.0. The van der Waals surface area contributed by atoms with E-state index < -0.39 is 29.6 Å². The van der Waals surface area contributed by atoms with E-state index in [1.807, 2.05) is 12.2 Å². The molecule has 35 heavy (non-hydrogen) atoms. The predicted octanol–water partition coefficient (Wildman–Crippen LogP) is 3.03. The van der Waals surface area contributed by atoms with Crippen LogP contribution in [0.5, 0.6) is 5.75 Å². The van der Waals surface area contributed by atoms with E-state index in [2.05, 4.69) is 17.6 Å². The molecule has 0 aromatic heterocycles. The van der Waals surface area contributed by atoms with Crippen LogP contribution in [0, 0.1) is 11.8 Å². The van der Waals surface area contributed by atoms with E-state index in [1.165, 1.54) is 6.42 Å². The molecule has 0 unspecified atom stereocenters. The molecule has 1 aliphatic carbocycles. The van der Waals surface area contributed by atoms with Crippen molar-refractivity contribution in [2.24, 2.45) is 11.8 Å². The van der Waals surface area contributed by atoms with Crippen molar-refractivity contribution < 1.29 is 23.9 Å². The Morgan fingerprint density at radius 1 is 1.14 bits per heavy atom. The Kier molecular flexibility index (Phi) is 6.57. The van der Waals surface area contributed by atoms with E-state index in [4.69, 9.17) is 9.47 Å². The first-order valence-electron chi connectivity index (χ1n) is 12.9. The second-order valence-electron chi connectivity index (χ2n) is 10.1. The Morgan fingerprint density at radius 2 is 1.89 bits per heavy atom. The molecule has 1 aromatic carbocycles. The smallest absolute Gasteiger partial charge is 0.246 e. The number of hydrogen-bond donors (Lipinski definition) is 2. The van der Waals surface area contributed by atoms with Crippen molar-refractivity contribution in [1.82, 2.24) is 10.2 Å². The standard InChI is InChI=1S/C27H35N3O5/c1-3-4-16-30-23(25(32)29-17-8-6-5-7-9-17)27-15-14-20(35-27)21(22(27)26(30)33)24(31)28-18-10-12-19(34-2)13-11-18/h10-15,17,20-23H,3-9,16H2,1-2H3,(H,28,31)(H,29,32)/t20-,21-,22-,23-,27+/m1/s1. The fourth-order valence-corrected chi connectivity index (χ4v) is 6.26. The highest BCUT2D eigenvalue weighted by Gasteiger charge is 2.72. The van der Waals surface area contributed by atoms with Gasteiger partial charge in [-0.2, -0.15) is 0 Å². The van der Waals surface area contributed by atoms with Crippen molar-refractivity contribution in [2.45, 2.75) is 75.7 Å². The van der Waals surface area contributed by atoms with Crippen molar-refractivity contribution in [3.63, 3.8) is 0 Å². The number of methoxy groups -OCH3 is 1. The minimum absolute atomic E-state index is 0.131. The molecule has 3 heterocycles. The quantitative estimate of drug-likeness (QED) is 0.557. The third kappa shape index (κ3) is 4.11. The van der Waals surface area contributed by atoms with Gasteiger partial charge in [0.05, 0.1) is 25.0 Å². The molecule has 1 spiro atoms. The van der Waals surface area contributed by atoms with Gasteiger partial charge in [0.2, 0.25) is 17.7 Å². The first kappa shape index (κ1) is 23.9. The summed E-state index contributed by atoms with van der Waals surface area (Å²) in [6.45, 7) is 2.54. The molecule has 3 amide bonds. The number of likely N-dealkylation sites (tertiary alicyclic amines) is 1. The summed E-state index contributed by atoms with van der Waals surface area (Å²) in [5.74, 6) is -1.30. The highest BCUT2D eigenvalue weighted by atomic mass is 16.5. The summed E-state index contributed by atoms with van der Waals surface area (Å²) in [6.07, 6.45) is 10.2. The number of carbonyl (C=O) groups excluding carboxylic acids is 3.